The molecule has 0 heterocycles. The van der Waals surface area contributed by atoms with Crippen molar-refractivity contribution in [3.05, 3.63) is 65.7 Å². The smallest absolute Gasteiger partial charge is 0.407 e. The van der Waals surface area contributed by atoms with E-state index in [-0.39, 0.29) is 12.3 Å². The number of benzene rings is 2. The molecule has 30 heavy (non-hydrogen) atoms. The van der Waals surface area contributed by atoms with Gasteiger partial charge in [0.1, 0.15) is 17.0 Å². The lowest BCUT2D eigenvalue weighted by atomic mass is 9.95. The van der Waals surface area contributed by atoms with Crippen LogP contribution in [0.4, 0.5) is 4.79 Å². The largest absolute Gasteiger partial charge is 0.444 e. The fourth-order valence-electron chi connectivity index (χ4n) is 2.66. The third kappa shape index (κ3) is 8.04. The maximum Gasteiger partial charge on any atom is 0.407 e. The van der Waals surface area contributed by atoms with Crippen LogP contribution in [-0.4, -0.2) is 32.9 Å². The molecule has 0 aliphatic heterocycles. The Morgan fingerprint density at radius 3 is 2.27 bits per heavy atom. The van der Waals surface area contributed by atoms with Crippen molar-refractivity contribution in [1.29, 1.82) is 0 Å². The summed E-state index contributed by atoms with van der Waals surface area (Å²) in [6, 6.07) is 16.2. The van der Waals surface area contributed by atoms with Crippen LogP contribution in [-0.2, 0) is 31.8 Å². The summed E-state index contributed by atoms with van der Waals surface area (Å²) in [5.74, 6) is 0.168. The van der Waals surface area contributed by atoms with Gasteiger partial charge < -0.3 is 19.0 Å². The second kappa shape index (κ2) is 9.49. The Morgan fingerprint density at radius 1 is 1.00 bits per heavy atom. The molecule has 0 aliphatic carbocycles. The number of nitrogens with one attached hydrogen (secondary N) is 1. The third-order valence-electron chi connectivity index (χ3n) is 4.06. The Kier molecular flexibility index (Phi) is 7.49. The number of alkyl carbamates (subject to hydrolysis) is 1. The van der Waals surface area contributed by atoms with Crippen LogP contribution in [0.1, 0.15) is 38.8 Å². The lowest BCUT2D eigenvalue weighted by Gasteiger charge is -2.31. The van der Waals surface area contributed by atoms with E-state index < -0.39 is 27.4 Å². The maximum atomic E-state index is 12.2. The highest BCUT2D eigenvalue weighted by Gasteiger charge is 2.30. The maximum absolute atomic E-state index is 12.2. The zero-order valence-corrected chi connectivity index (χ0v) is 18.8. The molecule has 1 N–H and O–H groups in total. The number of amides is 1. The molecule has 7 nitrogen and oxygen atoms in total. The molecular weight excluding hydrogens is 406 g/mol. The molecule has 0 spiro atoms. The number of hydrogen-bond donors (Lipinski definition) is 1. The van der Waals surface area contributed by atoms with E-state index in [0.29, 0.717) is 12.2 Å². The highest BCUT2D eigenvalue weighted by molar-refractivity contribution is 7.86. The van der Waals surface area contributed by atoms with Gasteiger partial charge in [0.05, 0.1) is 19.4 Å². The summed E-state index contributed by atoms with van der Waals surface area (Å²) in [6.07, 6.45) is 0.412. The van der Waals surface area contributed by atoms with Crippen LogP contribution in [0.3, 0.4) is 0 Å². The predicted molar refractivity (Wildman–Crippen MR) is 115 cm³/mol. The number of rotatable bonds is 8. The van der Waals surface area contributed by atoms with Gasteiger partial charge in [0.15, 0.2) is 0 Å². The Labute approximate surface area is 178 Å². The van der Waals surface area contributed by atoms with Gasteiger partial charge in [0.25, 0.3) is 0 Å². The van der Waals surface area contributed by atoms with Crippen LogP contribution >= 0.6 is 0 Å². The average molecular weight is 436 g/mol. The van der Waals surface area contributed by atoms with E-state index in [9.17, 15) is 13.2 Å². The van der Waals surface area contributed by atoms with E-state index in [2.05, 4.69) is 5.32 Å². The number of carbonyl (C=O) groups is 1. The van der Waals surface area contributed by atoms with E-state index in [1.54, 1.807) is 45.0 Å². The van der Waals surface area contributed by atoms with E-state index in [0.717, 1.165) is 11.8 Å². The Balaban J connectivity index is 2.25. The SMILES string of the molecule is CC(C)(C)OC(=O)NCC(C)(OCc1ccccc1)c1cccc(OS(C)(=O)=O)c1. The van der Waals surface area contributed by atoms with Crippen LogP contribution in [0.5, 0.6) is 5.75 Å². The van der Waals surface area contributed by atoms with Gasteiger partial charge >= 0.3 is 16.2 Å². The average Bonchev–Trinajstić information content (AvgIpc) is 2.63. The molecule has 0 saturated carbocycles. The van der Waals surface area contributed by atoms with Crippen LogP contribution in [0.25, 0.3) is 0 Å². The van der Waals surface area contributed by atoms with Crippen molar-refractivity contribution in [3.8, 4) is 5.75 Å². The van der Waals surface area contributed by atoms with Gasteiger partial charge in [0.2, 0.25) is 0 Å². The summed E-state index contributed by atoms with van der Waals surface area (Å²) in [5.41, 5.74) is 0.0123. The molecule has 0 bridgehead atoms. The summed E-state index contributed by atoms with van der Waals surface area (Å²) < 4.78 is 39.5. The second-order valence-electron chi connectivity index (χ2n) is 8.18. The van der Waals surface area contributed by atoms with E-state index in [1.807, 2.05) is 37.3 Å². The predicted octanol–water partition coefficient (Wildman–Crippen LogP) is 3.98. The van der Waals surface area contributed by atoms with Gasteiger partial charge in [-0.05, 0) is 51.0 Å². The number of hydrogen-bond acceptors (Lipinski definition) is 6. The topological polar surface area (TPSA) is 90.9 Å². The monoisotopic (exact) mass is 435 g/mol. The van der Waals surface area contributed by atoms with Crippen molar-refractivity contribution in [2.75, 3.05) is 12.8 Å². The lowest BCUT2D eigenvalue weighted by Crippen LogP contribution is -2.42. The number of ether oxygens (including phenoxy) is 2. The third-order valence-corrected chi connectivity index (χ3v) is 4.56. The molecule has 0 aliphatic rings. The minimum atomic E-state index is -3.67. The summed E-state index contributed by atoms with van der Waals surface area (Å²) in [7, 11) is -3.67. The molecule has 8 heteroatoms. The first-order valence-electron chi connectivity index (χ1n) is 9.51. The molecule has 2 rings (SSSR count). The molecule has 0 saturated heterocycles. The molecule has 0 aromatic heterocycles. The van der Waals surface area contributed by atoms with Crippen LogP contribution < -0.4 is 9.50 Å². The molecule has 1 unspecified atom stereocenters. The fourth-order valence-corrected chi connectivity index (χ4v) is 3.11. The van der Waals surface area contributed by atoms with Gasteiger partial charge in [0, 0.05) is 0 Å². The highest BCUT2D eigenvalue weighted by atomic mass is 32.2. The van der Waals surface area contributed by atoms with Gasteiger partial charge in [-0.2, -0.15) is 8.42 Å². The van der Waals surface area contributed by atoms with Crippen LogP contribution in [0, 0.1) is 0 Å². The van der Waals surface area contributed by atoms with Crippen molar-refractivity contribution in [1.82, 2.24) is 5.32 Å². The minimum absolute atomic E-state index is 0.108. The minimum Gasteiger partial charge on any atom is -0.444 e. The Hall–Kier alpha value is -2.58. The lowest BCUT2D eigenvalue weighted by molar-refractivity contribution is -0.0482. The molecule has 2 aromatic rings. The summed E-state index contributed by atoms with van der Waals surface area (Å²) in [4.78, 5) is 12.2. The van der Waals surface area contributed by atoms with Gasteiger partial charge in [-0.15, -0.1) is 0 Å². The van der Waals surface area contributed by atoms with E-state index in [1.165, 1.54) is 0 Å². The molecule has 1 atom stereocenters. The quantitative estimate of drug-likeness (QED) is 0.631. The first-order valence-corrected chi connectivity index (χ1v) is 11.3. The molecule has 1 amide bonds. The molecular formula is C22H29NO6S. The van der Waals surface area contributed by atoms with Crippen molar-refractivity contribution in [2.24, 2.45) is 0 Å². The zero-order valence-electron chi connectivity index (χ0n) is 18.0. The fraction of sp³-hybridized carbons (Fsp3) is 0.409. The van der Waals surface area contributed by atoms with E-state index in [4.69, 9.17) is 13.7 Å². The Morgan fingerprint density at radius 2 is 1.67 bits per heavy atom. The van der Waals surface area contributed by atoms with Gasteiger partial charge in [-0.3, -0.25) is 0 Å². The van der Waals surface area contributed by atoms with Crippen molar-refractivity contribution in [3.63, 3.8) is 0 Å². The van der Waals surface area contributed by atoms with Gasteiger partial charge in [-0.25, -0.2) is 4.79 Å². The van der Waals surface area contributed by atoms with Crippen molar-refractivity contribution < 1.29 is 26.9 Å². The Bertz CT molecular complexity index is 953. The first-order chi connectivity index (χ1) is 13.9. The second-order valence-corrected chi connectivity index (χ2v) is 9.75. The number of carbonyl (C=O) groups excluding carboxylic acids is 1. The van der Waals surface area contributed by atoms with Crippen molar-refractivity contribution in [2.45, 2.75) is 45.5 Å². The summed E-state index contributed by atoms with van der Waals surface area (Å²) >= 11 is 0. The molecule has 164 valence electrons. The summed E-state index contributed by atoms with van der Waals surface area (Å²) in [5, 5.41) is 2.74. The van der Waals surface area contributed by atoms with E-state index >= 15 is 0 Å². The van der Waals surface area contributed by atoms with Crippen LogP contribution in [0.2, 0.25) is 0 Å². The van der Waals surface area contributed by atoms with Crippen molar-refractivity contribution >= 4 is 16.2 Å². The zero-order chi connectivity index (χ0) is 22.4. The normalized spacial score (nSPS) is 13.9. The highest BCUT2D eigenvalue weighted by Crippen LogP contribution is 2.29. The summed E-state index contributed by atoms with van der Waals surface area (Å²) in [6.45, 7) is 7.56. The van der Waals surface area contributed by atoms with Crippen LogP contribution in [0.15, 0.2) is 54.6 Å². The first kappa shape index (κ1) is 23.7. The molecule has 0 radical (unpaired) electrons. The molecule has 0 fully saturated rings. The molecule has 2 aromatic carbocycles. The van der Waals surface area contributed by atoms with Gasteiger partial charge in [-0.1, -0.05) is 42.5 Å². The standard InChI is InChI=1S/C22H29NO6S/c1-21(2,3)28-20(24)23-16-22(4,27-15-17-10-7-6-8-11-17)18-12-9-13-19(14-18)29-30(5,25)26/h6-14H,15-16H2,1-5H3,(H,23,24).